The number of halogens is 1. The van der Waals surface area contributed by atoms with E-state index in [0.29, 0.717) is 16.7 Å². The van der Waals surface area contributed by atoms with Crippen molar-refractivity contribution in [1.29, 1.82) is 0 Å². The first kappa shape index (κ1) is 24.3. The monoisotopic (exact) mass is 513 g/mol. The summed E-state index contributed by atoms with van der Waals surface area (Å²) in [4.78, 5) is 24.3. The number of rotatable bonds is 7. The second-order valence-electron chi connectivity index (χ2n) is 8.27. The average Bonchev–Trinajstić information content (AvgIpc) is 3.25. The molecule has 0 unspecified atom stereocenters. The van der Waals surface area contributed by atoms with Crippen molar-refractivity contribution in [3.63, 3.8) is 0 Å². The van der Waals surface area contributed by atoms with Gasteiger partial charge in [-0.15, -0.1) is 0 Å². The van der Waals surface area contributed by atoms with Gasteiger partial charge in [0, 0.05) is 17.4 Å². The molecule has 2 heterocycles. The highest BCUT2D eigenvalue weighted by molar-refractivity contribution is 7.92. The molecule has 0 radical (unpaired) electrons. The minimum atomic E-state index is -3.37. The Morgan fingerprint density at radius 1 is 1.09 bits per heavy atom. The third-order valence-corrected chi connectivity index (χ3v) is 9.18. The SMILES string of the molecule is Cc1c(Cl)ccc2sc(N(Cc3cccnc3)C(=O)Cc3ccc(S(=O)(=O)C(C)C)cc3)nc12. The number of aryl methyl sites for hydroxylation is 1. The van der Waals surface area contributed by atoms with Gasteiger partial charge >= 0.3 is 0 Å². The maximum absolute atomic E-state index is 13.5. The molecule has 0 saturated heterocycles. The van der Waals surface area contributed by atoms with Gasteiger partial charge in [-0.25, -0.2) is 13.4 Å². The lowest BCUT2D eigenvalue weighted by Gasteiger charge is -2.20. The number of amides is 1. The summed E-state index contributed by atoms with van der Waals surface area (Å²) in [5.41, 5.74) is 3.25. The second-order valence-corrected chi connectivity index (χ2v) is 12.2. The van der Waals surface area contributed by atoms with Crippen LogP contribution in [-0.4, -0.2) is 29.5 Å². The van der Waals surface area contributed by atoms with Crippen LogP contribution in [0.25, 0.3) is 10.2 Å². The van der Waals surface area contributed by atoms with E-state index in [2.05, 4.69) is 4.98 Å². The van der Waals surface area contributed by atoms with E-state index in [1.807, 2.05) is 31.2 Å². The summed E-state index contributed by atoms with van der Waals surface area (Å²) in [6.07, 6.45) is 3.52. The van der Waals surface area contributed by atoms with Crippen molar-refractivity contribution in [2.24, 2.45) is 0 Å². The molecule has 4 aromatic rings. The van der Waals surface area contributed by atoms with Crippen LogP contribution in [0.15, 0.2) is 65.8 Å². The van der Waals surface area contributed by atoms with Gasteiger partial charge < -0.3 is 0 Å². The second kappa shape index (κ2) is 9.82. The van der Waals surface area contributed by atoms with E-state index in [-0.39, 0.29) is 17.2 Å². The van der Waals surface area contributed by atoms with Crippen molar-refractivity contribution in [2.75, 3.05) is 4.90 Å². The molecule has 9 heteroatoms. The Hall–Kier alpha value is -2.81. The number of benzene rings is 2. The molecular formula is C25H24ClN3O3S2. The van der Waals surface area contributed by atoms with E-state index in [4.69, 9.17) is 16.6 Å². The standard InChI is InChI=1S/C25H24ClN3O3S2/c1-16(2)34(31,32)20-8-6-18(7-9-20)13-23(30)29(15-19-5-4-12-27-14-19)25-28-24-17(3)21(26)10-11-22(24)33-25/h4-12,14,16H,13,15H2,1-3H3. The van der Waals surface area contributed by atoms with Gasteiger partial charge in [-0.1, -0.05) is 41.1 Å². The summed E-state index contributed by atoms with van der Waals surface area (Å²) in [7, 11) is -3.37. The molecule has 2 aromatic carbocycles. The molecule has 4 rings (SSSR count). The van der Waals surface area contributed by atoms with Crippen LogP contribution in [0.2, 0.25) is 5.02 Å². The van der Waals surface area contributed by atoms with Crippen LogP contribution in [-0.2, 0) is 27.6 Å². The molecular weight excluding hydrogens is 490 g/mol. The summed E-state index contributed by atoms with van der Waals surface area (Å²) in [5.74, 6) is -0.147. The molecule has 0 aliphatic rings. The fourth-order valence-electron chi connectivity index (χ4n) is 3.48. The topological polar surface area (TPSA) is 80.2 Å². The molecule has 34 heavy (non-hydrogen) atoms. The van der Waals surface area contributed by atoms with Crippen molar-refractivity contribution in [3.05, 3.63) is 82.6 Å². The van der Waals surface area contributed by atoms with Gasteiger partial charge in [0.15, 0.2) is 15.0 Å². The minimum Gasteiger partial charge on any atom is -0.283 e. The number of carbonyl (C=O) groups excluding carboxylic acids is 1. The normalized spacial score (nSPS) is 11.8. The number of hydrogen-bond acceptors (Lipinski definition) is 6. The van der Waals surface area contributed by atoms with Gasteiger partial charge in [0.1, 0.15) is 0 Å². The molecule has 2 aromatic heterocycles. The lowest BCUT2D eigenvalue weighted by atomic mass is 10.1. The number of fused-ring (bicyclic) bond motifs is 1. The number of hydrogen-bond donors (Lipinski definition) is 0. The van der Waals surface area contributed by atoms with E-state index < -0.39 is 15.1 Å². The van der Waals surface area contributed by atoms with Crippen molar-refractivity contribution < 1.29 is 13.2 Å². The fraction of sp³-hybridized carbons (Fsp3) is 0.240. The summed E-state index contributed by atoms with van der Waals surface area (Å²) in [6.45, 7) is 5.53. The maximum Gasteiger partial charge on any atom is 0.233 e. The zero-order valence-electron chi connectivity index (χ0n) is 19.0. The van der Waals surface area contributed by atoms with Gasteiger partial charge in [0.05, 0.1) is 33.3 Å². The summed E-state index contributed by atoms with van der Waals surface area (Å²) in [6, 6.07) is 14.0. The van der Waals surface area contributed by atoms with Crippen LogP contribution in [0.4, 0.5) is 5.13 Å². The number of thiazole rings is 1. The van der Waals surface area contributed by atoms with Gasteiger partial charge in [-0.3, -0.25) is 14.7 Å². The number of anilines is 1. The van der Waals surface area contributed by atoms with E-state index in [1.165, 1.54) is 11.3 Å². The van der Waals surface area contributed by atoms with E-state index in [1.54, 1.807) is 55.4 Å². The first-order valence-corrected chi connectivity index (χ1v) is 13.5. The molecule has 0 aliphatic heterocycles. The van der Waals surface area contributed by atoms with Crippen molar-refractivity contribution in [1.82, 2.24) is 9.97 Å². The van der Waals surface area contributed by atoms with E-state index >= 15 is 0 Å². The molecule has 0 aliphatic carbocycles. The van der Waals surface area contributed by atoms with Crippen molar-refractivity contribution in [3.8, 4) is 0 Å². The fourth-order valence-corrected chi connectivity index (χ4v) is 5.73. The highest BCUT2D eigenvalue weighted by Gasteiger charge is 2.23. The molecule has 0 atom stereocenters. The Balaban J connectivity index is 1.65. The molecule has 1 amide bonds. The Morgan fingerprint density at radius 3 is 2.47 bits per heavy atom. The Kier molecular flexibility index (Phi) is 7.02. The Bertz CT molecular complexity index is 1430. The summed E-state index contributed by atoms with van der Waals surface area (Å²) < 4.78 is 25.8. The lowest BCUT2D eigenvalue weighted by Crippen LogP contribution is -2.31. The van der Waals surface area contributed by atoms with Crippen LogP contribution in [0, 0.1) is 6.92 Å². The number of carbonyl (C=O) groups is 1. The molecule has 0 spiro atoms. The predicted octanol–water partition coefficient (Wildman–Crippen LogP) is 5.61. The number of pyridine rings is 1. The Labute approximate surface area is 208 Å². The molecule has 0 saturated carbocycles. The van der Waals surface area contributed by atoms with E-state index in [9.17, 15) is 13.2 Å². The largest absolute Gasteiger partial charge is 0.283 e. The third-order valence-electron chi connectivity index (χ3n) is 5.56. The molecule has 0 bridgehead atoms. The van der Waals surface area contributed by atoms with Crippen molar-refractivity contribution in [2.45, 2.75) is 43.9 Å². The number of sulfone groups is 1. The molecule has 6 nitrogen and oxygen atoms in total. The Morgan fingerprint density at radius 2 is 1.82 bits per heavy atom. The highest BCUT2D eigenvalue weighted by Crippen LogP contribution is 2.34. The zero-order valence-corrected chi connectivity index (χ0v) is 21.4. The number of aromatic nitrogens is 2. The molecule has 0 fully saturated rings. The maximum atomic E-state index is 13.5. The number of nitrogens with zero attached hydrogens (tertiary/aromatic N) is 3. The lowest BCUT2D eigenvalue weighted by molar-refractivity contribution is -0.118. The van der Waals surface area contributed by atoms with Gasteiger partial charge in [0.25, 0.3) is 0 Å². The average molecular weight is 514 g/mol. The van der Waals surface area contributed by atoms with Crippen molar-refractivity contribution >= 4 is 54.0 Å². The zero-order chi connectivity index (χ0) is 24.5. The summed E-state index contributed by atoms with van der Waals surface area (Å²) in [5, 5.41) is 0.699. The van der Waals surface area contributed by atoms with Crippen LogP contribution >= 0.6 is 22.9 Å². The highest BCUT2D eigenvalue weighted by atomic mass is 35.5. The quantitative estimate of drug-likeness (QED) is 0.321. The van der Waals surface area contributed by atoms with Crippen LogP contribution in [0.3, 0.4) is 0 Å². The van der Waals surface area contributed by atoms with Gasteiger partial charge in [-0.05, 0) is 67.8 Å². The van der Waals surface area contributed by atoms with Crippen LogP contribution < -0.4 is 4.90 Å². The van der Waals surface area contributed by atoms with E-state index in [0.717, 1.165) is 26.9 Å². The van der Waals surface area contributed by atoms with Gasteiger partial charge in [-0.2, -0.15) is 0 Å². The smallest absolute Gasteiger partial charge is 0.233 e. The van der Waals surface area contributed by atoms with Gasteiger partial charge in [0.2, 0.25) is 5.91 Å². The van der Waals surface area contributed by atoms with Crippen LogP contribution in [0.1, 0.15) is 30.5 Å². The first-order valence-electron chi connectivity index (χ1n) is 10.7. The molecule has 0 N–H and O–H groups in total. The predicted molar refractivity (Wildman–Crippen MR) is 137 cm³/mol. The minimum absolute atomic E-state index is 0.109. The van der Waals surface area contributed by atoms with Crippen LogP contribution in [0.5, 0.6) is 0 Å². The third kappa shape index (κ3) is 4.99. The molecule has 176 valence electrons. The summed E-state index contributed by atoms with van der Waals surface area (Å²) >= 11 is 7.70. The first-order chi connectivity index (χ1) is 16.2.